The van der Waals surface area contributed by atoms with Crippen LogP contribution in [0, 0.1) is 5.92 Å². The molecule has 1 atom stereocenters. The van der Waals surface area contributed by atoms with Crippen molar-refractivity contribution >= 4 is 5.91 Å². The van der Waals surface area contributed by atoms with E-state index in [4.69, 9.17) is 0 Å². The van der Waals surface area contributed by atoms with E-state index in [0.29, 0.717) is 12.1 Å². The van der Waals surface area contributed by atoms with Gasteiger partial charge < -0.3 is 14.9 Å². The van der Waals surface area contributed by atoms with E-state index in [1.807, 2.05) is 37.2 Å². The number of halogens is 3. The van der Waals surface area contributed by atoms with Gasteiger partial charge in [-0.15, -0.1) is 0 Å². The van der Waals surface area contributed by atoms with Crippen LogP contribution in [0.25, 0.3) is 0 Å². The molecule has 1 amide bonds. The van der Waals surface area contributed by atoms with E-state index in [2.05, 4.69) is 0 Å². The lowest BCUT2D eigenvalue weighted by Gasteiger charge is -2.34. The maximum atomic E-state index is 12.6. The van der Waals surface area contributed by atoms with Crippen molar-refractivity contribution in [3.8, 4) is 0 Å². The number of amides is 1. The highest BCUT2D eigenvalue weighted by Crippen LogP contribution is 2.31. The average Bonchev–Trinajstić information content (AvgIpc) is 2.52. The summed E-state index contributed by atoms with van der Waals surface area (Å²) >= 11 is 0. The average molecular weight is 344 g/mol. The molecule has 7 heteroatoms. The lowest BCUT2D eigenvalue weighted by atomic mass is 9.90. The summed E-state index contributed by atoms with van der Waals surface area (Å²) in [7, 11) is 3.87. The molecule has 0 saturated carbocycles. The molecule has 1 fully saturated rings. The molecule has 1 aliphatic rings. The minimum atomic E-state index is -4.60. The third kappa shape index (κ3) is 4.70. The molecular weight excluding hydrogens is 321 g/mol. The monoisotopic (exact) mass is 344 g/mol. The standard InChI is InChI=1S/C17H23F3N2O2/c1-21(2)11-12-4-3-5-14(10-12)16(24)22-8-6-13(7-9-22)15(23)17(18,19)20/h3-5,10,13,15,23H,6-9,11H2,1-2H3. The minimum Gasteiger partial charge on any atom is -0.383 e. The van der Waals surface area contributed by atoms with Gasteiger partial charge in [0, 0.05) is 25.2 Å². The van der Waals surface area contributed by atoms with E-state index in [9.17, 15) is 23.1 Å². The molecule has 1 saturated heterocycles. The summed E-state index contributed by atoms with van der Waals surface area (Å²) < 4.78 is 37.7. The first-order valence-electron chi connectivity index (χ1n) is 7.96. The first-order chi connectivity index (χ1) is 11.2. The highest BCUT2D eigenvalue weighted by atomic mass is 19.4. The molecule has 1 aromatic rings. The normalized spacial score (nSPS) is 18.0. The van der Waals surface area contributed by atoms with Crippen LogP contribution in [-0.2, 0) is 6.54 Å². The van der Waals surface area contributed by atoms with Crippen LogP contribution < -0.4 is 0 Å². The number of carbonyl (C=O) groups excluding carboxylic acids is 1. The van der Waals surface area contributed by atoms with Crippen LogP contribution >= 0.6 is 0 Å². The second-order valence-corrected chi connectivity index (χ2v) is 6.55. The number of aliphatic hydroxyl groups excluding tert-OH is 1. The number of rotatable bonds is 4. The lowest BCUT2D eigenvalue weighted by Crippen LogP contribution is -2.45. The smallest absolute Gasteiger partial charge is 0.383 e. The lowest BCUT2D eigenvalue weighted by molar-refractivity contribution is -0.222. The Morgan fingerprint density at radius 2 is 1.96 bits per heavy atom. The molecule has 24 heavy (non-hydrogen) atoms. The molecule has 1 aliphatic heterocycles. The number of likely N-dealkylation sites (tertiary alicyclic amines) is 1. The van der Waals surface area contributed by atoms with Crippen LogP contribution in [-0.4, -0.2) is 60.3 Å². The largest absolute Gasteiger partial charge is 0.414 e. The van der Waals surface area contributed by atoms with Crippen LogP contribution in [0.2, 0.25) is 0 Å². The van der Waals surface area contributed by atoms with E-state index in [1.165, 1.54) is 0 Å². The first-order valence-corrected chi connectivity index (χ1v) is 7.96. The van der Waals surface area contributed by atoms with Gasteiger partial charge in [0.2, 0.25) is 0 Å². The zero-order valence-corrected chi connectivity index (χ0v) is 13.9. The molecule has 1 heterocycles. The predicted molar refractivity (Wildman–Crippen MR) is 84.5 cm³/mol. The molecule has 1 N–H and O–H groups in total. The zero-order valence-electron chi connectivity index (χ0n) is 13.9. The SMILES string of the molecule is CN(C)Cc1cccc(C(=O)N2CCC(C(O)C(F)(F)F)CC2)c1. The van der Waals surface area contributed by atoms with Gasteiger partial charge in [0.05, 0.1) is 0 Å². The number of benzene rings is 1. The van der Waals surface area contributed by atoms with Gasteiger partial charge in [0.15, 0.2) is 6.10 Å². The van der Waals surface area contributed by atoms with E-state index < -0.39 is 18.2 Å². The minimum absolute atomic E-state index is 0.157. The Morgan fingerprint density at radius 1 is 1.33 bits per heavy atom. The highest BCUT2D eigenvalue weighted by Gasteiger charge is 2.44. The summed E-state index contributed by atoms with van der Waals surface area (Å²) in [6.45, 7) is 1.17. The summed E-state index contributed by atoms with van der Waals surface area (Å²) in [4.78, 5) is 16.1. The van der Waals surface area contributed by atoms with Crippen LogP contribution in [0.4, 0.5) is 13.2 Å². The van der Waals surface area contributed by atoms with Gasteiger partial charge in [-0.05, 0) is 50.6 Å². The second kappa shape index (κ2) is 7.53. The number of nitrogens with zero attached hydrogens (tertiary/aromatic N) is 2. The van der Waals surface area contributed by atoms with Crippen LogP contribution in [0.5, 0.6) is 0 Å². The molecular formula is C17H23F3N2O2. The van der Waals surface area contributed by atoms with Crippen molar-refractivity contribution in [3.63, 3.8) is 0 Å². The Labute approximate surface area is 139 Å². The van der Waals surface area contributed by atoms with Crippen LogP contribution in [0.3, 0.4) is 0 Å². The van der Waals surface area contributed by atoms with Crippen LogP contribution in [0.15, 0.2) is 24.3 Å². The summed E-state index contributed by atoms with van der Waals surface area (Å²) in [5.41, 5.74) is 1.55. The molecule has 2 rings (SSSR count). The molecule has 0 spiro atoms. The van der Waals surface area contributed by atoms with Gasteiger partial charge in [0.25, 0.3) is 5.91 Å². The topological polar surface area (TPSA) is 43.8 Å². The van der Waals surface area contributed by atoms with Gasteiger partial charge in [-0.1, -0.05) is 12.1 Å². The summed E-state index contributed by atoms with van der Waals surface area (Å²) in [6.07, 6.45) is -6.59. The fourth-order valence-corrected chi connectivity index (χ4v) is 3.04. The van der Waals surface area contributed by atoms with Gasteiger partial charge >= 0.3 is 6.18 Å². The number of aliphatic hydroxyl groups is 1. The molecule has 1 aromatic carbocycles. The first kappa shape index (κ1) is 18.7. The van der Waals surface area contributed by atoms with Crippen molar-refractivity contribution in [2.45, 2.75) is 31.7 Å². The van der Waals surface area contributed by atoms with Crippen LogP contribution in [0.1, 0.15) is 28.8 Å². The maximum absolute atomic E-state index is 12.6. The summed E-state index contributed by atoms with van der Waals surface area (Å²) in [5, 5.41) is 9.34. The molecule has 134 valence electrons. The van der Waals surface area contributed by atoms with E-state index in [0.717, 1.165) is 5.56 Å². The Balaban J connectivity index is 1.98. The van der Waals surface area contributed by atoms with E-state index >= 15 is 0 Å². The number of hydrogen-bond donors (Lipinski definition) is 1. The van der Waals surface area contributed by atoms with Gasteiger partial charge in [-0.2, -0.15) is 13.2 Å². The molecule has 0 radical (unpaired) electrons. The van der Waals surface area contributed by atoms with Gasteiger partial charge in [0.1, 0.15) is 0 Å². The molecule has 4 nitrogen and oxygen atoms in total. The number of carbonyl (C=O) groups is 1. The number of alkyl halides is 3. The Hall–Kier alpha value is -1.60. The summed E-state index contributed by atoms with van der Waals surface area (Å²) in [6, 6.07) is 7.28. The van der Waals surface area contributed by atoms with Gasteiger partial charge in [-0.3, -0.25) is 4.79 Å². The maximum Gasteiger partial charge on any atom is 0.414 e. The molecule has 1 unspecified atom stereocenters. The predicted octanol–water partition coefficient (Wildman–Crippen LogP) is 2.52. The Kier molecular flexibility index (Phi) is 5.87. The third-order valence-corrected chi connectivity index (χ3v) is 4.28. The fourth-order valence-electron chi connectivity index (χ4n) is 3.04. The zero-order chi connectivity index (χ0) is 17.9. The van der Waals surface area contributed by atoms with E-state index in [1.54, 1.807) is 11.0 Å². The van der Waals surface area contributed by atoms with Crippen molar-refractivity contribution in [3.05, 3.63) is 35.4 Å². The third-order valence-electron chi connectivity index (χ3n) is 4.28. The van der Waals surface area contributed by atoms with E-state index in [-0.39, 0.29) is 31.8 Å². The second-order valence-electron chi connectivity index (χ2n) is 6.55. The van der Waals surface area contributed by atoms with Crippen molar-refractivity contribution < 1.29 is 23.1 Å². The van der Waals surface area contributed by atoms with Crippen molar-refractivity contribution in [1.82, 2.24) is 9.80 Å². The van der Waals surface area contributed by atoms with Crippen molar-refractivity contribution in [2.24, 2.45) is 5.92 Å². The molecule has 0 bridgehead atoms. The quantitative estimate of drug-likeness (QED) is 0.913. The Morgan fingerprint density at radius 3 is 2.50 bits per heavy atom. The molecule has 0 aliphatic carbocycles. The fraction of sp³-hybridized carbons (Fsp3) is 0.588. The van der Waals surface area contributed by atoms with Crippen molar-refractivity contribution in [2.75, 3.05) is 27.2 Å². The van der Waals surface area contributed by atoms with Gasteiger partial charge in [-0.25, -0.2) is 0 Å². The summed E-state index contributed by atoms with van der Waals surface area (Å²) in [5.74, 6) is -1.01. The number of hydrogen-bond acceptors (Lipinski definition) is 3. The Bertz CT molecular complexity index is 567. The molecule has 0 aromatic heterocycles. The van der Waals surface area contributed by atoms with Crippen molar-refractivity contribution in [1.29, 1.82) is 0 Å². The number of piperidine rings is 1. The highest BCUT2D eigenvalue weighted by molar-refractivity contribution is 5.94.